The third kappa shape index (κ3) is 2.64. The zero-order valence-electron chi connectivity index (χ0n) is 11.8. The zero-order valence-corrected chi connectivity index (χ0v) is 14.6. The Morgan fingerprint density at radius 1 is 1.28 bits per heavy atom. The van der Waals surface area contributed by atoms with Crippen molar-refractivity contribution >= 4 is 29.1 Å². The fourth-order valence-electron chi connectivity index (χ4n) is 2.67. The van der Waals surface area contributed by atoms with E-state index in [1.165, 1.54) is 4.90 Å². The molecule has 1 fully saturated rings. The standard InChI is InChI=1S/C12H20N2O2S.Na/c1-5-8(6-2)12(7-3)9(15)13-11(17)14(4)10(12)16;/h8H,5-7H2,1-4H3,(H,13,15,17);/q;+1/p-1. The molecule has 1 unspecified atom stereocenters. The molecular formula is C12H19N2NaO2S. The van der Waals surface area contributed by atoms with E-state index in [9.17, 15) is 9.59 Å². The van der Waals surface area contributed by atoms with Gasteiger partial charge < -0.3 is 10.2 Å². The summed E-state index contributed by atoms with van der Waals surface area (Å²) in [6.07, 6.45) is 2.06. The maximum Gasteiger partial charge on any atom is 1.00 e. The summed E-state index contributed by atoms with van der Waals surface area (Å²) in [5.74, 6) is -0.526. The molecule has 0 aliphatic carbocycles. The molecule has 0 spiro atoms. The van der Waals surface area contributed by atoms with E-state index in [-0.39, 0.29) is 52.4 Å². The Balaban J connectivity index is 0.00000289. The second-order valence-corrected chi connectivity index (χ2v) is 4.77. The number of rotatable bonds is 4. The number of carbonyl (C=O) groups excluding carboxylic acids is 2. The van der Waals surface area contributed by atoms with Gasteiger partial charge in [-0.05, 0) is 12.3 Å². The molecule has 0 N–H and O–H groups in total. The van der Waals surface area contributed by atoms with Gasteiger partial charge in [0.1, 0.15) is 0 Å². The quantitative estimate of drug-likeness (QED) is 0.395. The first-order valence-corrected chi connectivity index (χ1v) is 6.44. The van der Waals surface area contributed by atoms with Crippen molar-refractivity contribution in [3.63, 3.8) is 0 Å². The van der Waals surface area contributed by atoms with Crippen LogP contribution in [0.5, 0.6) is 0 Å². The number of amides is 2. The van der Waals surface area contributed by atoms with E-state index in [0.29, 0.717) is 6.42 Å². The Kier molecular flexibility index (Phi) is 7.00. The molecule has 2 amide bonds. The van der Waals surface area contributed by atoms with Crippen molar-refractivity contribution in [2.75, 3.05) is 7.05 Å². The minimum atomic E-state index is -0.999. The van der Waals surface area contributed by atoms with Crippen LogP contribution in [0, 0.1) is 11.3 Å². The summed E-state index contributed by atoms with van der Waals surface area (Å²) in [7, 11) is 1.59. The van der Waals surface area contributed by atoms with Gasteiger partial charge >= 0.3 is 29.6 Å². The second-order valence-electron chi connectivity index (χ2n) is 4.40. The normalized spacial score (nSPS) is 24.1. The van der Waals surface area contributed by atoms with Crippen LogP contribution >= 0.6 is 12.2 Å². The molecule has 1 saturated heterocycles. The van der Waals surface area contributed by atoms with Gasteiger partial charge in [-0.25, -0.2) is 0 Å². The van der Waals surface area contributed by atoms with Crippen LogP contribution in [0.1, 0.15) is 40.0 Å². The van der Waals surface area contributed by atoms with Gasteiger partial charge in [-0.15, -0.1) is 0 Å². The Morgan fingerprint density at radius 3 is 2.17 bits per heavy atom. The van der Waals surface area contributed by atoms with Crippen LogP contribution in [0.25, 0.3) is 5.32 Å². The average Bonchev–Trinajstić information content (AvgIpc) is 2.32. The number of nitrogens with zero attached hydrogens (tertiary/aromatic N) is 2. The van der Waals surface area contributed by atoms with Crippen LogP contribution in [-0.2, 0) is 9.59 Å². The largest absolute Gasteiger partial charge is 1.00 e. The average molecular weight is 278 g/mol. The van der Waals surface area contributed by atoms with Crippen LogP contribution in [-0.4, -0.2) is 28.9 Å². The monoisotopic (exact) mass is 278 g/mol. The molecule has 0 aromatic heterocycles. The second kappa shape index (κ2) is 6.98. The fraction of sp³-hybridized carbons (Fsp3) is 0.750. The fourth-order valence-corrected chi connectivity index (χ4v) is 2.83. The van der Waals surface area contributed by atoms with Crippen LogP contribution in [0.15, 0.2) is 0 Å². The van der Waals surface area contributed by atoms with Gasteiger partial charge in [0.15, 0.2) is 11.8 Å². The molecule has 1 heterocycles. The summed E-state index contributed by atoms with van der Waals surface area (Å²) in [5.41, 5.74) is -0.999. The van der Waals surface area contributed by atoms with Crippen molar-refractivity contribution in [1.29, 1.82) is 0 Å². The Morgan fingerprint density at radius 2 is 1.78 bits per heavy atom. The molecule has 0 radical (unpaired) electrons. The molecule has 6 heteroatoms. The molecule has 1 aliphatic rings. The van der Waals surface area contributed by atoms with E-state index in [4.69, 9.17) is 12.2 Å². The first-order chi connectivity index (χ1) is 7.95. The van der Waals surface area contributed by atoms with Crippen molar-refractivity contribution in [3.05, 3.63) is 5.32 Å². The van der Waals surface area contributed by atoms with Gasteiger partial charge in [0.2, 0.25) is 0 Å². The molecule has 96 valence electrons. The zero-order chi connectivity index (χ0) is 13.2. The van der Waals surface area contributed by atoms with Gasteiger partial charge in [-0.2, -0.15) is 0 Å². The predicted molar refractivity (Wildman–Crippen MR) is 70.5 cm³/mol. The van der Waals surface area contributed by atoms with Gasteiger partial charge in [-0.3, -0.25) is 9.59 Å². The molecule has 18 heavy (non-hydrogen) atoms. The van der Waals surface area contributed by atoms with Gasteiger partial charge in [0.25, 0.3) is 0 Å². The van der Waals surface area contributed by atoms with E-state index in [1.54, 1.807) is 7.05 Å². The molecule has 0 bridgehead atoms. The number of thiocarbonyl (C=S) groups is 1. The number of hydrogen-bond donors (Lipinski definition) is 0. The van der Waals surface area contributed by atoms with Crippen LogP contribution in [0.3, 0.4) is 0 Å². The Bertz CT molecular complexity index is 358. The third-order valence-electron chi connectivity index (χ3n) is 3.79. The maximum absolute atomic E-state index is 12.4. The van der Waals surface area contributed by atoms with E-state index in [1.807, 2.05) is 20.8 Å². The minimum Gasteiger partial charge on any atom is -0.408 e. The van der Waals surface area contributed by atoms with E-state index in [2.05, 4.69) is 5.32 Å². The molecular weight excluding hydrogens is 259 g/mol. The molecule has 0 saturated carbocycles. The van der Waals surface area contributed by atoms with Crippen LogP contribution in [0.4, 0.5) is 0 Å². The molecule has 4 nitrogen and oxygen atoms in total. The third-order valence-corrected chi connectivity index (χ3v) is 4.16. The SMILES string of the molecule is CCC(CC)C1(CC)C(=O)[N-]C(=S)N(C)C1=O.[Na+]. The predicted octanol–water partition coefficient (Wildman–Crippen LogP) is -0.520. The Labute approximate surface area is 136 Å². The number of hydrogen-bond acceptors (Lipinski definition) is 3. The molecule has 1 aliphatic heterocycles. The topological polar surface area (TPSA) is 51.5 Å². The van der Waals surface area contributed by atoms with E-state index in [0.717, 1.165) is 12.8 Å². The van der Waals surface area contributed by atoms with Crippen LogP contribution < -0.4 is 29.6 Å². The van der Waals surface area contributed by atoms with E-state index < -0.39 is 5.41 Å². The maximum atomic E-state index is 12.4. The van der Waals surface area contributed by atoms with Crippen molar-refractivity contribution in [2.45, 2.75) is 40.0 Å². The molecule has 1 atom stereocenters. The first kappa shape index (κ1) is 18.0. The summed E-state index contributed by atoms with van der Waals surface area (Å²) in [4.78, 5) is 25.9. The van der Waals surface area contributed by atoms with E-state index >= 15 is 0 Å². The molecule has 1 rings (SSSR count). The van der Waals surface area contributed by atoms with Crippen LogP contribution in [0.2, 0.25) is 0 Å². The number of carbonyl (C=O) groups is 2. The van der Waals surface area contributed by atoms with Crippen molar-refractivity contribution < 1.29 is 39.1 Å². The minimum absolute atomic E-state index is 0. The summed E-state index contributed by atoms with van der Waals surface area (Å²) in [5, 5.41) is 3.93. The van der Waals surface area contributed by atoms with Crippen molar-refractivity contribution in [2.24, 2.45) is 11.3 Å². The summed E-state index contributed by atoms with van der Waals surface area (Å²) in [6.45, 7) is 5.87. The van der Waals surface area contributed by atoms with Gasteiger partial charge in [-0.1, -0.05) is 52.9 Å². The Hall–Kier alpha value is 0.0300. The molecule has 0 aromatic carbocycles. The summed E-state index contributed by atoms with van der Waals surface area (Å²) < 4.78 is 0. The van der Waals surface area contributed by atoms with Crippen molar-refractivity contribution in [3.8, 4) is 0 Å². The summed E-state index contributed by atoms with van der Waals surface area (Å²) in [6, 6.07) is 0. The van der Waals surface area contributed by atoms with Crippen molar-refractivity contribution in [1.82, 2.24) is 4.90 Å². The summed E-state index contributed by atoms with van der Waals surface area (Å²) >= 11 is 4.91. The van der Waals surface area contributed by atoms with Gasteiger partial charge in [0.05, 0.1) is 5.41 Å². The smallest absolute Gasteiger partial charge is 0.408 e. The molecule has 0 aromatic rings. The van der Waals surface area contributed by atoms with Gasteiger partial charge in [0, 0.05) is 5.11 Å². The first-order valence-electron chi connectivity index (χ1n) is 6.03.